The topological polar surface area (TPSA) is 71.3 Å². The fourth-order valence-corrected chi connectivity index (χ4v) is 4.43. The summed E-state index contributed by atoms with van der Waals surface area (Å²) in [7, 11) is -0.124. The maximum absolute atomic E-state index is 13.9. The zero-order valence-electron chi connectivity index (χ0n) is 12.9. The highest BCUT2D eigenvalue weighted by atomic mass is 32.2. The summed E-state index contributed by atoms with van der Waals surface area (Å²) in [4.78, 5) is 1.65. The number of nitrogens with zero attached hydrogens (tertiary/aromatic N) is 5. The van der Waals surface area contributed by atoms with E-state index in [2.05, 4.69) is 10.3 Å². The smallest absolute Gasteiger partial charge is 0.246 e. The fraction of sp³-hybridized carbons (Fsp3) is 0.429. The van der Waals surface area contributed by atoms with E-state index in [-0.39, 0.29) is 30.1 Å². The molecule has 0 radical (unpaired) electrons. The molecule has 1 aromatic heterocycles. The third-order valence-electron chi connectivity index (χ3n) is 4.12. The van der Waals surface area contributed by atoms with E-state index in [1.807, 2.05) is 19.0 Å². The van der Waals surface area contributed by atoms with E-state index in [0.717, 1.165) is 6.07 Å². The molecule has 1 aromatic carbocycles. The molecule has 1 fully saturated rings. The molecule has 2 heterocycles. The largest absolute Gasteiger partial charge is 0.303 e. The molecule has 1 aliphatic heterocycles. The number of sulfonamides is 1. The molecular weight excluding hydrogens is 321 g/mol. The number of benzene rings is 1. The van der Waals surface area contributed by atoms with Crippen molar-refractivity contribution in [3.63, 3.8) is 0 Å². The molecule has 0 bridgehead atoms. The number of rotatable bonds is 4. The number of hydrogen-bond acceptors (Lipinski definition) is 5. The molecule has 1 aliphatic rings. The highest BCUT2D eigenvalue weighted by Gasteiger charge is 2.42. The van der Waals surface area contributed by atoms with Crippen molar-refractivity contribution in [3.05, 3.63) is 42.5 Å². The van der Waals surface area contributed by atoms with Crippen molar-refractivity contribution in [2.75, 3.05) is 27.2 Å². The lowest BCUT2D eigenvalue weighted by molar-refractivity contribution is 0.242. The summed E-state index contributed by atoms with van der Waals surface area (Å²) < 4.78 is 42.4. The predicted molar refractivity (Wildman–Crippen MR) is 81.7 cm³/mol. The molecule has 0 spiro atoms. The van der Waals surface area contributed by atoms with Gasteiger partial charge in [0.05, 0.1) is 12.2 Å². The molecule has 9 heteroatoms. The van der Waals surface area contributed by atoms with Gasteiger partial charge in [-0.15, -0.1) is 5.10 Å². The van der Waals surface area contributed by atoms with Crippen LogP contribution in [0.15, 0.2) is 41.6 Å². The van der Waals surface area contributed by atoms with Gasteiger partial charge in [-0.3, -0.25) is 0 Å². The van der Waals surface area contributed by atoms with Crippen LogP contribution in [0.1, 0.15) is 6.04 Å². The molecule has 0 unspecified atom stereocenters. The Morgan fingerprint density at radius 2 is 2.00 bits per heavy atom. The molecule has 0 amide bonds. The Hall–Kier alpha value is -1.84. The fourth-order valence-electron chi connectivity index (χ4n) is 2.89. The van der Waals surface area contributed by atoms with E-state index in [9.17, 15) is 12.8 Å². The molecule has 0 N–H and O–H groups in total. The summed E-state index contributed by atoms with van der Waals surface area (Å²) in [6.07, 6.45) is 3.27. The zero-order chi connectivity index (χ0) is 16.6. The predicted octanol–water partition coefficient (Wildman–Crippen LogP) is 0.593. The molecule has 0 aliphatic carbocycles. The maximum atomic E-state index is 13.9. The number of aromatic nitrogens is 3. The van der Waals surface area contributed by atoms with Crippen molar-refractivity contribution < 1.29 is 12.8 Å². The van der Waals surface area contributed by atoms with Gasteiger partial charge in [0.1, 0.15) is 10.7 Å². The first-order valence-electron chi connectivity index (χ1n) is 7.18. The van der Waals surface area contributed by atoms with Gasteiger partial charge >= 0.3 is 0 Å². The zero-order valence-corrected chi connectivity index (χ0v) is 13.7. The highest BCUT2D eigenvalue weighted by molar-refractivity contribution is 7.89. The lowest BCUT2D eigenvalue weighted by Gasteiger charge is -2.24. The molecular formula is C14H18FN5O2S. The Morgan fingerprint density at radius 1 is 1.26 bits per heavy atom. The van der Waals surface area contributed by atoms with Gasteiger partial charge in [-0.05, 0) is 26.2 Å². The number of hydrogen-bond donors (Lipinski definition) is 0. The van der Waals surface area contributed by atoms with Crippen molar-refractivity contribution in [2.45, 2.75) is 17.0 Å². The SMILES string of the molecule is CN(C)[C@@H]1CN(S(=O)(=O)c2ccccc2F)C[C@@H]1n1ccnn1. The van der Waals surface area contributed by atoms with Gasteiger partial charge in [0.25, 0.3) is 0 Å². The molecule has 1 saturated heterocycles. The van der Waals surface area contributed by atoms with Gasteiger partial charge < -0.3 is 4.90 Å². The number of halogens is 1. The summed E-state index contributed by atoms with van der Waals surface area (Å²) in [5, 5.41) is 7.77. The standard InChI is InChI=1S/C14H18FN5O2S/c1-18(2)12-9-19(10-13(12)20-8-7-16-17-20)23(21,22)14-6-4-3-5-11(14)15/h3-8,12-13H,9-10H2,1-2H3/t12-,13+/m1/s1. The maximum Gasteiger partial charge on any atom is 0.246 e. The van der Waals surface area contributed by atoms with Crippen LogP contribution in [0.2, 0.25) is 0 Å². The van der Waals surface area contributed by atoms with Crippen molar-refractivity contribution in [3.8, 4) is 0 Å². The lowest BCUT2D eigenvalue weighted by Crippen LogP contribution is -2.37. The van der Waals surface area contributed by atoms with Crippen LogP contribution < -0.4 is 0 Å². The van der Waals surface area contributed by atoms with Crippen molar-refractivity contribution in [2.24, 2.45) is 0 Å². The Bertz CT molecular complexity index is 778. The van der Waals surface area contributed by atoms with Crippen LogP contribution in [0.4, 0.5) is 4.39 Å². The molecule has 2 atom stereocenters. The van der Waals surface area contributed by atoms with Gasteiger partial charge in [-0.1, -0.05) is 17.3 Å². The van der Waals surface area contributed by atoms with Gasteiger partial charge in [0.2, 0.25) is 10.0 Å². The summed E-state index contributed by atoms with van der Waals surface area (Å²) in [5.41, 5.74) is 0. The van der Waals surface area contributed by atoms with E-state index in [1.165, 1.54) is 22.5 Å². The van der Waals surface area contributed by atoms with E-state index in [1.54, 1.807) is 17.1 Å². The summed E-state index contributed by atoms with van der Waals surface area (Å²) in [5.74, 6) is -0.738. The van der Waals surface area contributed by atoms with Crippen LogP contribution >= 0.6 is 0 Å². The Morgan fingerprint density at radius 3 is 2.61 bits per heavy atom. The minimum absolute atomic E-state index is 0.0711. The second-order valence-electron chi connectivity index (χ2n) is 5.73. The monoisotopic (exact) mass is 339 g/mol. The minimum Gasteiger partial charge on any atom is -0.303 e. The van der Waals surface area contributed by atoms with E-state index < -0.39 is 15.8 Å². The first-order chi connectivity index (χ1) is 10.9. The molecule has 0 saturated carbocycles. The highest BCUT2D eigenvalue weighted by Crippen LogP contribution is 2.30. The third kappa shape index (κ3) is 2.87. The van der Waals surface area contributed by atoms with Crippen LogP contribution in [0, 0.1) is 5.82 Å². The normalized spacial score (nSPS) is 22.8. The van der Waals surface area contributed by atoms with Gasteiger partial charge in [0.15, 0.2) is 0 Å². The van der Waals surface area contributed by atoms with Crippen molar-refractivity contribution in [1.82, 2.24) is 24.2 Å². The molecule has 2 aromatic rings. The quantitative estimate of drug-likeness (QED) is 0.815. The Labute approximate surface area is 134 Å². The Balaban J connectivity index is 1.94. The minimum atomic E-state index is -3.89. The summed E-state index contributed by atoms with van der Waals surface area (Å²) >= 11 is 0. The number of likely N-dealkylation sites (N-methyl/N-ethyl adjacent to an activating group) is 1. The van der Waals surface area contributed by atoms with Crippen molar-refractivity contribution >= 4 is 10.0 Å². The van der Waals surface area contributed by atoms with Crippen LogP contribution in [0.5, 0.6) is 0 Å². The van der Waals surface area contributed by atoms with Crippen LogP contribution in [0.25, 0.3) is 0 Å². The average Bonchev–Trinajstić information content (AvgIpc) is 3.16. The van der Waals surface area contributed by atoms with E-state index in [4.69, 9.17) is 0 Å². The van der Waals surface area contributed by atoms with E-state index >= 15 is 0 Å². The molecule has 7 nitrogen and oxygen atoms in total. The average molecular weight is 339 g/mol. The van der Waals surface area contributed by atoms with Gasteiger partial charge in [-0.25, -0.2) is 17.5 Å². The first kappa shape index (κ1) is 16.0. The van der Waals surface area contributed by atoms with Gasteiger partial charge in [-0.2, -0.15) is 4.31 Å². The molecule has 23 heavy (non-hydrogen) atoms. The lowest BCUT2D eigenvalue weighted by atomic mass is 10.1. The molecule has 3 rings (SSSR count). The van der Waals surface area contributed by atoms with Crippen LogP contribution in [-0.2, 0) is 10.0 Å². The first-order valence-corrected chi connectivity index (χ1v) is 8.62. The van der Waals surface area contributed by atoms with E-state index in [0.29, 0.717) is 0 Å². The Kier molecular flexibility index (Phi) is 4.17. The van der Waals surface area contributed by atoms with Gasteiger partial charge in [0, 0.05) is 25.3 Å². The van der Waals surface area contributed by atoms with Crippen molar-refractivity contribution in [1.29, 1.82) is 0 Å². The van der Waals surface area contributed by atoms with Crippen LogP contribution in [0.3, 0.4) is 0 Å². The second-order valence-corrected chi connectivity index (χ2v) is 7.64. The summed E-state index contributed by atoms with van der Waals surface area (Å²) in [6.45, 7) is 0.497. The summed E-state index contributed by atoms with van der Waals surface area (Å²) in [6, 6.07) is 5.19. The molecule has 124 valence electrons. The third-order valence-corrected chi connectivity index (χ3v) is 5.99. The van der Waals surface area contributed by atoms with Crippen LogP contribution in [-0.4, -0.2) is 65.8 Å². The second kappa shape index (κ2) is 5.99.